The Labute approximate surface area is 210 Å². The van der Waals surface area contributed by atoms with Crippen LogP contribution in [0.2, 0.25) is 0 Å². The van der Waals surface area contributed by atoms with Crippen LogP contribution in [0.4, 0.5) is 0 Å². The Kier molecular flexibility index (Phi) is 5.06. The first-order valence-corrected chi connectivity index (χ1v) is 14.5. The maximum absolute atomic E-state index is 13.4. The molecule has 0 N–H and O–H groups in total. The summed E-state index contributed by atoms with van der Waals surface area (Å²) >= 11 is 0. The van der Waals surface area contributed by atoms with Crippen molar-refractivity contribution in [2.45, 2.75) is 46.0 Å². The third kappa shape index (κ3) is 3.46. The van der Waals surface area contributed by atoms with Crippen molar-refractivity contribution in [3.05, 3.63) is 71.8 Å². The van der Waals surface area contributed by atoms with Gasteiger partial charge in [-0.1, -0.05) is 24.3 Å². The molecule has 1 heterocycles. The number of ketones is 1. The number of thiophene rings is 1. The Morgan fingerprint density at radius 3 is 1.86 bits per heavy atom. The molecule has 0 radical (unpaired) electrons. The van der Waals surface area contributed by atoms with Gasteiger partial charge in [-0.2, -0.15) is 0 Å². The molecule has 178 valence electrons. The molecule has 4 aliphatic rings. The van der Waals surface area contributed by atoms with Crippen molar-refractivity contribution in [3.8, 4) is 10.6 Å². The summed E-state index contributed by atoms with van der Waals surface area (Å²) in [5.74, 6) is 4.52. The Hall–Kier alpha value is -2.65. The molecule has 4 saturated carbocycles. The summed E-state index contributed by atoms with van der Waals surface area (Å²) in [6.45, 7) is 4.50. The second-order valence-electron chi connectivity index (χ2n) is 11.4. The third-order valence-corrected chi connectivity index (χ3v) is 11.4. The number of hydrogen-bond acceptors (Lipinski definition) is 2. The molecule has 4 aliphatic carbocycles. The maximum Gasteiger partial charge on any atom is 0.187 e. The second-order valence-corrected chi connectivity index (χ2v) is 13.4. The van der Waals surface area contributed by atoms with Crippen molar-refractivity contribution >= 4 is 36.4 Å². The van der Waals surface area contributed by atoms with Crippen molar-refractivity contribution in [3.63, 3.8) is 0 Å². The van der Waals surface area contributed by atoms with Gasteiger partial charge in [0.1, 0.15) is 12.4 Å². The van der Waals surface area contributed by atoms with Crippen LogP contribution in [0.25, 0.3) is 25.1 Å². The van der Waals surface area contributed by atoms with Gasteiger partial charge in [-0.3, -0.25) is 4.79 Å². The van der Waals surface area contributed by atoms with Crippen LogP contribution in [0.5, 0.6) is 5.75 Å². The lowest BCUT2D eigenvalue weighted by atomic mass is 9.51. The number of benzene rings is 3. The van der Waals surface area contributed by atoms with Gasteiger partial charge >= 0.3 is 0 Å². The number of carbonyl (C=O) groups excluding carboxylic acids is 1. The topological polar surface area (TPSA) is 26.3 Å². The summed E-state index contributed by atoms with van der Waals surface area (Å²) in [4.78, 5) is 14.7. The zero-order chi connectivity index (χ0) is 23.7. The van der Waals surface area contributed by atoms with E-state index >= 15 is 0 Å². The minimum absolute atomic E-state index is 0.111. The number of Topliss-reactive ketones (excluding diaryl/α,β-unsaturated/α-hetero) is 1. The fraction of sp³-hybridized carbons (Fsp3) is 0.406. The quantitative estimate of drug-likeness (QED) is 0.268. The Morgan fingerprint density at radius 2 is 1.31 bits per heavy atom. The number of fused-ring (bicyclic) bond motifs is 3. The summed E-state index contributed by atoms with van der Waals surface area (Å²) in [5, 5.41) is 2.70. The lowest BCUT2D eigenvalue weighted by Crippen LogP contribution is -2.49. The van der Waals surface area contributed by atoms with E-state index in [2.05, 4.69) is 74.5 Å². The number of ether oxygens (including phenoxy) is 1. The molecule has 4 aromatic rings. The highest BCUT2D eigenvalue weighted by Gasteiger charge is 2.50. The predicted octanol–water partition coefficient (Wildman–Crippen LogP) is 8.37. The molecule has 0 spiro atoms. The van der Waals surface area contributed by atoms with Gasteiger partial charge in [-0.15, -0.1) is 0 Å². The van der Waals surface area contributed by atoms with E-state index in [1.807, 2.05) is 0 Å². The highest BCUT2D eigenvalue weighted by atomic mass is 32.2. The summed E-state index contributed by atoms with van der Waals surface area (Å²) in [6.07, 6.45) is 6.54. The van der Waals surface area contributed by atoms with Crippen molar-refractivity contribution in [1.82, 2.24) is 0 Å². The fourth-order valence-corrected chi connectivity index (χ4v) is 10.6. The number of hydrogen-bond donors (Lipinski definition) is 0. The molecule has 0 aliphatic heterocycles. The first-order chi connectivity index (χ1) is 17.1. The molecular formula is C32H33O2S+. The molecule has 1 aromatic heterocycles. The molecule has 2 nitrogen and oxygen atoms in total. The molecule has 3 heteroatoms. The maximum atomic E-state index is 13.4. The normalized spacial score (nSPS) is 27.1. The number of aryl methyl sites for hydroxylation is 2. The van der Waals surface area contributed by atoms with Gasteiger partial charge in [-0.25, -0.2) is 0 Å². The van der Waals surface area contributed by atoms with Gasteiger partial charge in [0, 0.05) is 39.3 Å². The van der Waals surface area contributed by atoms with Crippen LogP contribution >= 0.6 is 10.5 Å². The van der Waals surface area contributed by atoms with Crippen molar-refractivity contribution in [1.29, 1.82) is 0 Å². The summed E-state index contributed by atoms with van der Waals surface area (Å²) in [6, 6.07) is 22.2. The van der Waals surface area contributed by atoms with Crippen LogP contribution in [0.15, 0.2) is 60.7 Å². The third-order valence-electron chi connectivity index (χ3n) is 9.13. The van der Waals surface area contributed by atoms with Gasteiger partial charge in [0.15, 0.2) is 20.1 Å². The smallest absolute Gasteiger partial charge is 0.187 e. The SMILES string of the molecule is Cc1cc(-[s+]2c3ccccc3c3ccccc32)cc(C)c1OCC(=O)C1C2CC3CC(C2)CC1C3. The number of rotatable bonds is 5. The highest BCUT2D eigenvalue weighted by molar-refractivity contribution is 7.50. The van der Waals surface area contributed by atoms with E-state index in [-0.39, 0.29) is 23.0 Å². The van der Waals surface area contributed by atoms with E-state index in [0.29, 0.717) is 17.6 Å². The van der Waals surface area contributed by atoms with Crippen LogP contribution in [0.3, 0.4) is 0 Å². The molecule has 3 aromatic carbocycles. The van der Waals surface area contributed by atoms with E-state index in [9.17, 15) is 4.79 Å². The fourth-order valence-electron chi connectivity index (χ4n) is 8.05. The zero-order valence-corrected chi connectivity index (χ0v) is 21.4. The van der Waals surface area contributed by atoms with E-state index in [0.717, 1.165) is 28.7 Å². The highest BCUT2D eigenvalue weighted by Crippen LogP contribution is 2.57. The van der Waals surface area contributed by atoms with E-state index in [1.165, 1.54) is 57.2 Å². The van der Waals surface area contributed by atoms with Crippen molar-refractivity contribution in [2.75, 3.05) is 6.61 Å². The van der Waals surface area contributed by atoms with E-state index in [1.54, 1.807) is 0 Å². The summed E-state index contributed by atoms with van der Waals surface area (Å²) in [7, 11) is -0.111. The molecular weight excluding hydrogens is 448 g/mol. The molecule has 4 fully saturated rings. The lowest BCUT2D eigenvalue weighted by molar-refractivity contribution is -0.137. The minimum atomic E-state index is -0.111. The van der Waals surface area contributed by atoms with Gasteiger partial charge in [-0.05, 0) is 105 Å². The molecule has 8 rings (SSSR count). The summed E-state index contributed by atoms with van der Waals surface area (Å²) < 4.78 is 9.10. The zero-order valence-electron chi connectivity index (χ0n) is 20.6. The van der Waals surface area contributed by atoms with Gasteiger partial charge in [0.25, 0.3) is 0 Å². The van der Waals surface area contributed by atoms with Crippen LogP contribution in [-0.4, -0.2) is 12.4 Å². The standard InChI is InChI=1S/C32H33O2S/c1-19-11-25(35-29-9-5-3-7-26(29)27-8-4-6-10-30(27)35)12-20(2)32(19)34-18-28(33)31-23-14-21-13-22(16-23)17-24(31)15-21/h3-12,21-24,31H,13-18H2,1-2H3/q+1. The monoisotopic (exact) mass is 481 g/mol. The lowest BCUT2D eigenvalue weighted by Gasteiger charge is -2.53. The first-order valence-electron chi connectivity index (χ1n) is 13.3. The summed E-state index contributed by atoms with van der Waals surface area (Å²) in [5.41, 5.74) is 2.26. The van der Waals surface area contributed by atoms with Crippen LogP contribution < -0.4 is 4.74 Å². The van der Waals surface area contributed by atoms with Crippen molar-refractivity contribution in [2.24, 2.45) is 29.6 Å². The number of carbonyl (C=O) groups is 1. The van der Waals surface area contributed by atoms with Crippen LogP contribution in [-0.2, 0) is 4.79 Å². The second kappa shape index (κ2) is 8.20. The van der Waals surface area contributed by atoms with Crippen LogP contribution in [0, 0.1) is 43.4 Å². The van der Waals surface area contributed by atoms with Crippen LogP contribution in [0.1, 0.15) is 43.2 Å². The Bertz CT molecular complexity index is 1360. The van der Waals surface area contributed by atoms with Gasteiger partial charge < -0.3 is 4.74 Å². The Balaban J connectivity index is 1.18. The molecule has 0 saturated heterocycles. The van der Waals surface area contributed by atoms with E-state index in [4.69, 9.17) is 4.74 Å². The average molecular weight is 482 g/mol. The average Bonchev–Trinajstić information content (AvgIpc) is 3.17. The Morgan fingerprint density at radius 1 is 0.800 bits per heavy atom. The first kappa shape index (κ1) is 21.6. The predicted molar refractivity (Wildman–Crippen MR) is 146 cm³/mol. The molecule has 35 heavy (non-hydrogen) atoms. The molecule has 0 atom stereocenters. The van der Waals surface area contributed by atoms with Gasteiger partial charge in [0.2, 0.25) is 0 Å². The van der Waals surface area contributed by atoms with Gasteiger partial charge in [0.05, 0.1) is 0 Å². The molecule has 4 bridgehead atoms. The largest absolute Gasteiger partial charge is 0.485 e. The minimum Gasteiger partial charge on any atom is -0.485 e. The van der Waals surface area contributed by atoms with E-state index < -0.39 is 0 Å². The molecule has 0 amide bonds. The molecule has 0 unspecified atom stereocenters. The van der Waals surface area contributed by atoms with Crippen molar-refractivity contribution < 1.29 is 9.53 Å².